The molecule has 6 nitrogen and oxygen atoms in total. The second-order valence-corrected chi connectivity index (χ2v) is 4.79. The monoisotopic (exact) mass is 299 g/mol. The molecule has 1 aromatic carbocycles. The second-order valence-electron chi connectivity index (χ2n) is 4.79. The van der Waals surface area contributed by atoms with Crippen LogP contribution >= 0.6 is 12.4 Å². The quantitative estimate of drug-likeness (QED) is 0.658. The van der Waals surface area contributed by atoms with Crippen LogP contribution in [-0.4, -0.2) is 30.0 Å². The zero-order chi connectivity index (χ0) is 13.8. The van der Waals surface area contributed by atoms with Crippen molar-refractivity contribution in [3.8, 4) is 0 Å². The fourth-order valence-corrected chi connectivity index (χ4v) is 2.23. The van der Waals surface area contributed by atoms with Crippen molar-refractivity contribution in [1.82, 2.24) is 10.6 Å². The van der Waals surface area contributed by atoms with Gasteiger partial charge in [-0.2, -0.15) is 0 Å². The molecule has 2 N–H and O–H groups in total. The maximum absolute atomic E-state index is 12.1. The van der Waals surface area contributed by atoms with Crippen LogP contribution in [0, 0.1) is 17.0 Å². The van der Waals surface area contributed by atoms with Crippen LogP contribution < -0.4 is 10.6 Å². The van der Waals surface area contributed by atoms with Crippen molar-refractivity contribution >= 4 is 24.0 Å². The van der Waals surface area contributed by atoms with Crippen molar-refractivity contribution < 1.29 is 9.72 Å². The molecule has 1 aliphatic rings. The Bertz CT molecular complexity index is 502. The van der Waals surface area contributed by atoms with Crippen molar-refractivity contribution in [1.29, 1.82) is 0 Å². The highest BCUT2D eigenvalue weighted by Gasteiger charge is 2.23. The first kappa shape index (κ1) is 16.4. The van der Waals surface area contributed by atoms with E-state index < -0.39 is 4.92 Å². The fraction of sp³-hybridized carbons (Fsp3) is 0.462. The second kappa shape index (κ2) is 7.21. The van der Waals surface area contributed by atoms with Gasteiger partial charge in [-0.3, -0.25) is 14.9 Å². The Labute approximate surface area is 123 Å². The van der Waals surface area contributed by atoms with Gasteiger partial charge in [0.15, 0.2) is 0 Å². The van der Waals surface area contributed by atoms with Gasteiger partial charge in [-0.1, -0.05) is 6.07 Å². The Morgan fingerprint density at radius 3 is 2.85 bits per heavy atom. The predicted octanol–water partition coefficient (Wildman–Crippen LogP) is 1.81. The minimum atomic E-state index is -0.520. The van der Waals surface area contributed by atoms with E-state index in [1.54, 1.807) is 12.1 Å². The molecule has 0 bridgehead atoms. The number of halogens is 1. The van der Waals surface area contributed by atoms with Crippen LogP contribution in [0.1, 0.15) is 28.8 Å². The first-order valence-electron chi connectivity index (χ1n) is 6.34. The molecule has 1 fully saturated rings. The zero-order valence-electron chi connectivity index (χ0n) is 11.2. The Balaban J connectivity index is 0.00000200. The van der Waals surface area contributed by atoms with E-state index in [-0.39, 0.29) is 35.6 Å². The van der Waals surface area contributed by atoms with E-state index in [1.807, 2.05) is 6.92 Å². The lowest BCUT2D eigenvalue weighted by molar-refractivity contribution is -0.385. The third kappa shape index (κ3) is 3.91. The normalized spacial score (nSPS) is 17.9. The molecule has 1 atom stereocenters. The van der Waals surface area contributed by atoms with Gasteiger partial charge in [-0.15, -0.1) is 12.4 Å². The van der Waals surface area contributed by atoms with Crippen molar-refractivity contribution in [2.24, 2.45) is 0 Å². The summed E-state index contributed by atoms with van der Waals surface area (Å²) in [7, 11) is 0. The van der Waals surface area contributed by atoms with E-state index in [9.17, 15) is 14.9 Å². The highest BCUT2D eigenvalue weighted by molar-refractivity contribution is 5.98. The van der Waals surface area contributed by atoms with Gasteiger partial charge < -0.3 is 10.6 Å². The van der Waals surface area contributed by atoms with Crippen molar-refractivity contribution in [3.63, 3.8) is 0 Å². The minimum Gasteiger partial charge on any atom is -0.348 e. The van der Waals surface area contributed by atoms with Gasteiger partial charge in [0.1, 0.15) is 5.56 Å². The van der Waals surface area contributed by atoms with Gasteiger partial charge in [0.25, 0.3) is 11.6 Å². The van der Waals surface area contributed by atoms with Crippen LogP contribution in [0.4, 0.5) is 5.69 Å². The molecule has 1 amide bonds. The summed E-state index contributed by atoms with van der Waals surface area (Å²) in [4.78, 5) is 22.6. The maximum Gasteiger partial charge on any atom is 0.282 e. The van der Waals surface area contributed by atoms with E-state index in [1.165, 1.54) is 6.07 Å². The van der Waals surface area contributed by atoms with Gasteiger partial charge in [0, 0.05) is 18.7 Å². The summed E-state index contributed by atoms with van der Waals surface area (Å²) in [5.41, 5.74) is 0.819. The van der Waals surface area contributed by atoms with Gasteiger partial charge in [0.2, 0.25) is 0 Å². The number of nitrogens with one attached hydrogen (secondary N) is 2. The Morgan fingerprint density at radius 1 is 1.50 bits per heavy atom. The van der Waals surface area contributed by atoms with E-state index >= 15 is 0 Å². The maximum atomic E-state index is 12.1. The predicted molar refractivity (Wildman–Crippen MR) is 78.4 cm³/mol. The number of nitro groups is 1. The molecule has 0 spiro atoms. The average molecular weight is 300 g/mol. The molecular weight excluding hydrogens is 282 g/mol. The summed E-state index contributed by atoms with van der Waals surface area (Å²) in [6.07, 6.45) is 1.90. The van der Waals surface area contributed by atoms with E-state index in [0.717, 1.165) is 24.9 Å². The lowest BCUT2D eigenvalue weighted by atomic mass is 10.1. The number of rotatable bonds is 3. The molecule has 0 radical (unpaired) electrons. The summed E-state index contributed by atoms with van der Waals surface area (Å²) in [5.74, 6) is -0.371. The van der Waals surface area contributed by atoms with Crippen LogP contribution in [0.25, 0.3) is 0 Å². The molecule has 0 saturated carbocycles. The first-order valence-corrected chi connectivity index (χ1v) is 6.34. The molecular formula is C13H18ClN3O3. The van der Waals surface area contributed by atoms with Crippen molar-refractivity contribution in [2.75, 3.05) is 13.1 Å². The van der Waals surface area contributed by atoms with Gasteiger partial charge in [-0.05, 0) is 37.9 Å². The van der Waals surface area contributed by atoms with Crippen LogP contribution in [0.2, 0.25) is 0 Å². The molecule has 110 valence electrons. The highest BCUT2D eigenvalue weighted by atomic mass is 35.5. The number of amides is 1. The fourth-order valence-electron chi connectivity index (χ4n) is 2.23. The van der Waals surface area contributed by atoms with Gasteiger partial charge in [0.05, 0.1) is 4.92 Å². The third-order valence-electron chi connectivity index (χ3n) is 3.23. The summed E-state index contributed by atoms with van der Waals surface area (Å²) in [5, 5.41) is 17.0. The van der Waals surface area contributed by atoms with Crippen LogP contribution in [-0.2, 0) is 0 Å². The van der Waals surface area contributed by atoms with E-state index in [0.29, 0.717) is 6.54 Å². The summed E-state index contributed by atoms with van der Waals surface area (Å²) < 4.78 is 0. The van der Waals surface area contributed by atoms with Gasteiger partial charge >= 0.3 is 0 Å². The molecule has 7 heteroatoms. The van der Waals surface area contributed by atoms with Crippen LogP contribution in [0.5, 0.6) is 0 Å². The molecule has 1 aromatic rings. The topological polar surface area (TPSA) is 84.3 Å². The Hall–Kier alpha value is -1.66. The Kier molecular flexibility index (Phi) is 5.91. The number of hydrogen-bond donors (Lipinski definition) is 2. The van der Waals surface area contributed by atoms with E-state index in [4.69, 9.17) is 0 Å². The van der Waals surface area contributed by atoms with Crippen molar-refractivity contribution in [2.45, 2.75) is 25.8 Å². The number of nitro benzene ring substituents is 1. The summed E-state index contributed by atoms with van der Waals surface area (Å²) >= 11 is 0. The number of benzene rings is 1. The third-order valence-corrected chi connectivity index (χ3v) is 3.23. The first-order chi connectivity index (χ1) is 9.08. The Morgan fingerprint density at radius 2 is 2.25 bits per heavy atom. The van der Waals surface area contributed by atoms with Crippen molar-refractivity contribution in [3.05, 3.63) is 39.4 Å². The lowest BCUT2D eigenvalue weighted by Crippen LogP contribution is -2.45. The standard InChI is InChI=1S/C13H17N3O3.ClH/c1-9-4-5-12(16(18)19)11(7-9)13(17)15-10-3-2-6-14-8-10;/h4-5,7,10,14H,2-3,6,8H2,1H3,(H,15,17);1H. The highest BCUT2D eigenvalue weighted by Crippen LogP contribution is 2.20. The number of aryl methyl sites for hydroxylation is 1. The number of nitrogens with zero attached hydrogens (tertiary/aromatic N) is 1. The summed E-state index contributed by atoms with van der Waals surface area (Å²) in [6.45, 7) is 3.48. The molecule has 1 unspecified atom stereocenters. The molecule has 0 aromatic heterocycles. The zero-order valence-corrected chi connectivity index (χ0v) is 12.0. The molecule has 1 heterocycles. The number of carbonyl (C=O) groups excluding carboxylic acids is 1. The molecule has 20 heavy (non-hydrogen) atoms. The summed E-state index contributed by atoms with van der Waals surface area (Å²) in [6, 6.07) is 4.62. The largest absolute Gasteiger partial charge is 0.348 e. The number of carbonyl (C=O) groups is 1. The van der Waals surface area contributed by atoms with Gasteiger partial charge in [-0.25, -0.2) is 0 Å². The smallest absolute Gasteiger partial charge is 0.282 e. The van der Waals surface area contributed by atoms with E-state index in [2.05, 4.69) is 10.6 Å². The SMILES string of the molecule is Cc1ccc([N+](=O)[O-])c(C(=O)NC2CCCNC2)c1.Cl. The molecule has 0 aliphatic carbocycles. The average Bonchev–Trinajstić information content (AvgIpc) is 2.39. The molecule has 2 rings (SSSR count). The molecule has 1 aliphatic heterocycles. The van der Waals surface area contributed by atoms with Crippen LogP contribution in [0.3, 0.4) is 0 Å². The molecule has 1 saturated heterocycles. The lowest BCUT2D eigenvalue weighted by Gasteiger charge is -2.23. The number of piperidine rings is 1. The van der Waals surface area contributed by atoms with Crippen LogP contribution in [0.15, 0.2) is 18.2 Å². The number of hydrogen-bond acceptors (Lipinski definition) is 4. The minimum absolute atomic E-state index is 0.